The normalized spacial score (nSPS) is 12.4. The highest BCUT2D eigenvalue weighted by molar-refractivity contribution is 6.00. The molecule has 1 heterocycles. The molecule has 0 fully saturated rings. The third-order valence-corrected chi connectivity index (χ3v) is 4.55. The topological polar surface area (TPSA) is 102 Å². The summed E-state index contributed by atoms with van der Waals surface area (Å²) in [6, 6.07) is 1.45. The molecule has 0 spiro atoms. The number of hydrogen-bond donors (Lipinski definition) is 2. The van der Waals surface area contributed by atoms with Gasteiger partial charge in [-0.15, -0.1) is 0 Å². The van der Waals surface area contributed by atoms with Crippen LogP contribution in [0.25, 0.3) is 0 Å². The fourth-order valence-corrected chi connectivity index (χ4v) is 3.02. The number of ether oxygens (including phenoxy) is 3. The molecule has 136 valence electrons. The lowest BCUT2D eigenvalue weighted by Gasteiger charge is -2.18. The Hall–Kier alpha value is -3.22. The number of phenols is 2. The van der Waals surface area contributed by atoms with Gasteiger partial charge < -0.3 is 24.4 Å². The quantitative estimate of drug-likeness (QED) is 0.594. The molecule has 0 amide bonds. The van der Waals surface area contributed by atoms with Crippen LogP contribution in [0.15, 0.2) is 6.07 Å². The highest BCUT2D eigenvalue weighted by Crippen LogP contribution is 2.49. The number of phenolic OH excluding ortho intramolecular Hbond substituents is 2. The number of hydrogen-bond acceptors (Lipinski definition) is 7. The van der Waals surface area contributed by atoms with E-state index in [-0.39, 0.29) is 51.0 Å². The molecule has 2 aromatic rings. The van der Waals surface area contributed by atoms with Crippen LogP contribution in [-0.4, -0.2) is 29.3 Å². The number of carbonyl (C=O) groups excluding carboxylic acids is 2. The predicted molar refractivity (Wildman–Crippen MR) is 91.5 cm³/mol. The lowest BCUT2D eigenvalue weighted by atomic mass is 10.0. The van der Waals surface area contributed by atoms with Gasteiger partial charge in [-0.25, -0.2) is 9.59 Å². The number of esters is 2. The Morgan fingerprint density at radius 3 is 2.19 bits per heavy atom. The summed E-state index contributed by atoms with van der Waals surface area (Å²) in [7, 11) is 1.20. The Morgan fingerprint density at radius 1 is 0.962 bits per heavy atom. The van der Waals surface area contributed by atoms with E-state index in [4.69, 9.17) is 14.2 Å². The van der Waals surface area contributed by atoms with Gasteiger partial charge in [0, 0.05) is 16.7 Å². The first-order valence-electron chi connectivity index (χ1n) is 7.86. The van der Waals surface area contributed by atoms with Gasteiger partial charge >= 0.3 is 11.9 Å². The lowest BCUT2D eigenvalue weighted by Crippen LogP contribution is -2.11. The molecule has 0 radical (unpaired) electrons. The first kappa shape index (κ1) is 17.6. The maximum atomic E-state index is 12.6. The second-order valence-corrected chi connectivity index (χ2v) is 6.16. The highest BCUT2D eigenvalue weighted by Gasteiger charge is 2.33. The van der Waals surface area contributed by atoms with Crippen molar-refractivity contribution >= 4 is 11.9 Å². The van der Waals surface area contributed by atoms with E-state index < -0.39 is 11.9 Å². The van der Waals surface area contributed by atoms with E-state index in [1.807, 2.05) is 0 Å². The summed E-state index contributed by atoms with van der Waals surface area (Å²) in [5.74, 6) is -1.50. The van der Waals surface area contributed by atoms with E-state index in [0.29, 0.717) is 11.1 Å². The van der Waals surface area contributed by atoms with Crippen LogP contribution in [0.1, 0.15) is 43.0 Å². The van der Waals surface area contributed by atoms with E-state index in [1.165, 1.54) is 20.1 Å². The Balaban J connectivity index is 2.37. The summed E-state index contributed by atoms with van der Waals surface area (Å²) in [5, 5.41) is 20.5. The van der Waals surface area contributed by atoms with Crippen LogP contribution in [0.3, 0.4) is 0 Å². The second kappa shape index (κ2) is 5.94. The predicted octanol–water partition coefficient (Wildman–Crippen LogP) is 3.44. The van der Waals surface area contributed by atoms with E-state index in [2.05, 4.69) is 0 Å². The summed E-state index contributed by atoms with van der Waals surface area (Å²) in [4.78, 5) is 24.7. The van der Waals surface area contributed by atoms with Crippen molar-refractivity contribution in [1.29, 1.82) is 0 Å². The van der Waals surface area contributed by atoms with Gasteiger partial charge in [-0.05, 0) is 39.3 Å². The van der Waals surface area contributed by atoms with E-state index in [9.17, 15) is 19.8 Å². The molecule has 0 aliphatic carbocycles. The van der Waals surface area contributed by atoms with Crippen molar-refractivity contribution in [2.45, 2.75) is 27.7 Å². The van der Waals surface area contributed by atoms with E-state index >= 15 is 0 Å². The smallest absolute Gasteiger partial charge is 0.347 e. The average Bonchev–Trinajstić information content (AvgIpc) is 2.75. The van der Waals surface area contributed by atoms with Crippen LogP contribution < -0.4 is 9.47 Å². The largest absolute Gasteiger partial charge is 0.508 e. The third kappa shape index (κ3) is 2.35. The Morgan fingerprint density at radius 2 is 1.58 bits per heavy atom. The van der Waals surface area contributed by atoms with Crippen molar-refractivity contribution in [3.05, 3.63) is 39.4 Å². The van der Waals surface area contributed by atoms with E-state index in [0.717, 1.165) is 0 Å². The number of carbonyl (C=O) groups is 2. The Kier molecular flexibility index (Phi) is 4.02. The molecule has 0 atom stereocenters. The fourth-order valence-electron chi connectivity index (χ4n) is 3.02. The molecule has 0 aromatic heterocycles. The molecule has 1 aliphatic heterocycles. The van der Waals surface area contributed by atoms with Crippen molar-refractivity contribution in [3.63, 3.8) is 0 Å². The number of aromatic hydroxyl groups is 2. The average molecular weight is 358 g/mol. The maximum Gasteiger partial charge on any atom is 0.347 e. The molecule has 2 N–H and O–H groups in total. The van der Waals surface area contributed by atoms with Crippen LogP contribution in [-0.2, 0) is 4.74 Å². The first-order valence-corrected chi connectivity index (χ1v) is 7.86. The molecule has 2 aromatic carbocycles. The van der Waals surface area contributed by atoms with Gasteiger partial charge in [-0.3, -0.25) is 0 Å². The molecule has 1 aliphatic rings. The van der Waals surface area contributed by atoms with Gasteiger partial charge in [0.15, 0.2) is 11.5 Å². The number of aryl methyl sites for hydroxylation is 1. The summed E-state index contributed by atoms with van der Waals surface area (Å²) in [6.07, 6.45) is 0. The molecular formula is C19H18O7. The van der Waals surface area contributed by atoms with Crippen LogP contribution in [0, 0.1) is 27.7 Å². The van der Waals surface area contributed by atoms with Gasteiger partial charge in [-0.1, -0.05) is 0 Å². The molecule has 0 unspecified atom stereocenters. The molecule has 3 rings (SSSR count). The molecular weight excluding hydrogens is 340 g/mol. The summed E-state index contributed by atoms with van der Waals surface area (Å²) in [6.45, 7) is 6.31. The minimum absolute atomic E-state index is 0.0205. The van der Waals surface area contributed by atoms with Gasteiger partial charge in [0.25, 0.3) is 0 Å². The molecule has 0 saturated carbocycles. The summed E-state index contributed by atoms with van der Waals surface area (Å²) < 4.78 is 16.1. The maximum absolute atomic E-state index is 12.6. The minimum atomic E-state index is -0.742. The summed E-state index contributed by atoms with van der Waals surface area (Å²) >= 11 is 0. The zero-order valence-electron chi connectivity index (χ0n) is 15.0. The van der Waals surface area contributed by atoms with Crippen molar-refractivity contribution in [2.75, 3.05) is 7.11 Å². The molecule has 26 heavy (non-hydrogen) atoms. The van der Waals surface area contributed by atoms with Crippen LogP contribution in [0.5, 0.6) is 28.7 Å². The van der Waals surface area contributed by atoms with Crippen LogP contribution in [0.2, 0.25) is 0 Å². The zero-order chi connectivity index (χ0) is 19.3. The number of benzene rings is 2. The number of rotatable bonds is 1. The fraction of sp³-hybridized carbons (Fsp3) is 0.263. The number of fused-ring (bicyclic) bond motifs is 2. The highest BCUT2D eigenvalue weighted by atomic mass is 16.6. The Labute approximate surface area is 149 Å². The monoisotopic (exact) mass is 358 g/mol. The van der Waals surface area contributed by atoms with E-state index in [1.54, 1.807) is 20.8 Å². The molecule has 0 bridgehead atoms. The van der Waals surface area contributed by atoms with Crippen LogP contribution >= 0.6 is 0 Å². The first-order chi connectivity index (χ1) is 12.2. The van der Waals surface area contributed by atoms with Crippen LogP contribution in [0.4, 0.5) is 0 Å². The molecule has 7 nitrogen and oxygen atoms in total. The van der Waals surface area contributed by atoms with Crippen molar-refractivity contribution in [2.24, 2.45) is 0 Å². The Bertz CT molecular complexity index is 973. The standard InChI is InChI=1S/C19H18O7/c1-7-6-11(20)8(2)15-12(7)19(23)26-17-10(4)14(21)13(18(22)24-5)9(3)16(17)25-15/h6,20-21H,1-5H3. The SMILES string of the molecule is COC(=O)c1c(C)c2c(c(C)c1O)OC(=O)c1c(C)cc(O)c(C)c1O2. The van der Waals surface area contributed by atoms with Crippen molar-refractivity contribution in [1.82, 2.24) is 0 Å². The molecule has 0 saturated heterocycles. The van der Waals surface area contributed by atoms with Gasteiger partial charge in [0.1, 0.15) is 28.4 Å². The zero-order valence-corrected chi connectivity index (χ0v) is 15.0. The van der Waals surface area contributed by atoms with Crippen molar-refractivity contribution in [3.8, 4) is 28.7 Å². The number of methoxy groups -OCH3 is 1. The van der Waals surface area contributed by atoms with Crippen molar-refractivity contribution < 1.29 is 34.0 Å². The second-order valence-electron chi connectivity index (χ2n) is 6.16. The third-order valence-electron chi connectivity index (χ3n) is 4.55. The van der Waals surface area contributed by atoms with Gasteiger partial charge in [-0.2, -0.15) is 0 Å². The van der Waals surface area contributed by atoms with Gasteiger partial charge in [0.05, 0.1) is 7.11 Å². The minimum Gasteiger partial charge on any atom is -0.508 e. The summed E-state index contributed by atoms with van der Waals surface area (Å²) in [5.41, 5.74) is 1.38. The lowest BCUT2D eigenvalue weighted by molar-refractivity contribution is 0.0596. The van der Waals surface area contributed by atoms with Gasteiger partial charge in [0.2, 0.25) is 0 Å². The molecule has 7 heteroatoms.